The van der Waals surface area contributed by atoms with Crippen LogP contribution in [-0.2, 0) is 14.8 Å². The first-order valence-electron chi connectivity index (χ1n) is 6.89. The fraction of sp³-hybridized carbons (Fsp3) is 0.467. The Balaban J connectivity index is 2.20. The average Bonchev–Trinajstić information content (AvgIpc) is 3.30. The molecule has 0 bridgehead atoms. The van der Waals surface area contributed by atoms with E-state index in [-0.39, 0.29) is 12.6 Å². The molecule has 0 heterocycles. The molecule has 2 rings (SSSR count). The van der Waals surface area contributed by atoms with Gasteiger partial charge in [0.25, 0.3) is 0 Å². The molecule has 114 valence electrons. The van der Waals surface area contributed by atoms with Crippen molar-refractivity contribution in [3.8, 4) is 11.8 Å². The SMILES string of the molecule is COCCN(C1CC1)S(=O)(=O)c1ccc(C#CCN)cc1. The molecule has 1 aliphatic carbocycles. The lowest BCUT2D eigenvalue weighted by atomic mass is 10.2. The van der Waals surface area contributed by atoms with Crippen molar-refractivity contribution in [1.82, 2.24) is 4.31 Å². The van der Waals surface area contributed by atoms with E-state index in [2.05, 4.69) is 11.8 Å². The smallest absolute Gasteiger partial charge is 0.243 e. The molecule has 2 N–H and O–H groups in total. The van der Waals surface area contributed by atoms with Crippen LogP contribution in [-0.4, -0.2) is 45.6 Å². The van der Waals surface area contributed by atoms with Gasteiger partial charge in [0, 0.05) is 25.3 Å². The number of ether oxygens (including phenoxy) is 1. The van der Waals surface area contributed by atoms with Gasteiger partial charge in [0.1, 0.15) is 0 Å². The van der Waals surface area contributed by atoms with Crippen molar-refractivity contribution in [2.45, 2.75) is 23.8 Å². The Morgan fingerprint density at radius 2 is 2.00 bits per heavy atom. The van der Waals surface area contributed by atoms with Gasteiger partial charge in [-0.15, -0.1) is 0 Å². The highest BCUT2D eigenvalue weighted by molar-refractivity contribution is 7.89. The Labute approximate surface area is 126 Å². The average molecular weight is 308 g/mol. The van der Waals surface area contributed by atoms with Crippen molar-refractivity contribution in [2.75, 3.05) is 26.8 Å². The van der Waals surface area contributed by atoms with Crippen molar-refractivity contribution in [3.05, 3.63) is 29.8 Å². The number of hydrogen-bond acceptors (Lipinski definition) is 4. The number of sulfonamides is 1. The van der Waals surface area contributed by atoms with Crippen molar-refractivity contribution in [3.63, 3.8) is 0 Å². The van der Waals surface area contributed by atoms with Crippen molar-refractivity contribution < 1.29 is 13.2 Å². The van der Waals surface area contributed by atoms with Crippen LogP contribution in [0.3, 0.4) is 0 Å². The summed E-state index contributed by atoms with van der Waals surface area (Å²) in [7, 11) is -1.89. The molecule has 6 heteroatoms. The van der Waals surface area contributed by atoms with Crippen LogP contribution < -0.4 is 5.73 Å². The lowest BCUT2D eigenvalue weighted by molar-refractivity contribution is 0.177. The number of methoxy groups -OCH3 is 1. The summed E-state index contributed by atoms with van der Waals surface area (Å²) in [6, 6.07) is 6.71. The second-order valence-corrected chi connectivity index (χ2v) is 6.76. The summed E-state index contributed by atoms with van der Waals surface area (Å²) in [6.45, 7) is 1.07. The third-order valence-corrected chi connectivity index (χ3v) is 5.23. The van der Waals surface area contributed by atoms with E-state index in [1.54, 1.807) is 31.4 Å². The maximum Gasteiger partial charge on any atom is 0.243 e. The normalized spacial score (nSPS) is 14.8. The summed E-state index contributed by atoms with van der Waals surface area (Å²) in [6.07, 6.45) is 1.84. The zero-order valence-electron chi connectivity index (χ0n) is 12.1. The Morgan fingerprint density at radius 1 is 1.33 bits per heavy atom. The predicted octanol–water partition coefficient (Wildman–Crippen LogP) is 0.796. The quantitative estimate of drug-likeness (QED) is 0.789. The van der Waals surface area contributed by atoms with Gasteiger partial charge >= 0.3 is 0 Å². The minimum atomic E-state index is -3.47. The van der Waals surface area contributed by atoms with Gasteiger partial charge in [0.2, 0.25) is 10.0 Å². The number of nitrogens with two attached hydrogens (primary N) is 1. The van der Waals surface area contributed by atoms with E-state index >= 15 is 0 Å². The number of nitrogens with zero attached hydrogens (tertiary/aromatic N) is 1. The van der Waals surface area contributed by atoms with Gasteiger partial charge in [-0.3, -0.25) is 0 Å². The summed E-state index contributed by atoms with van der Waals surface area (Å²) < 4.78 is 31.9. The zero-order chi connectivity index (χ0) is 15.3. The van der Waals surface area contributed by atoms with Gasteiger partial charge in [0.05, 0.1) is 18.0 Å². The van der Waals surface area contributed by atoms with Gasteiger partial charge < -0.3 is 10.5 Å². The molecule has 0 saturated heterocycles. The lowest BCUT2D eigenvalue weighted by Gasteiger charge is -2.21. The number of benzene rings is 1. The van der Waals surface area contributed by atoms with E-state index < -0.39 is 10.0 Å². The molecule has 1 aliphatic rings. The van der Waals surface area contributed by atoms with Crippen LogP contribution in [0.5, 0.6) is 0 Å². The van der Waals surface area contributed by atoms with E-state index in [0.29, 0.717) is 18.0 Å². The van der Waals surface area contributed by atoms with Gasteiger partial charge in [0.15, 0.2) is 0 Å². The molecule has 0 aliphatic heterocycles. The minimum absolute atomic E-state index is 0.113. The van der Waals surface area contributed by atoms with E-state index in [1.165, 1.54) is 4.31 Å². The van der Waals surface area contributed by atoms with Crippen LogP contribution in [0.15, 0.2) is 29.2 Å². The molecule has 1 saturated carbocycles. The topological polar surface area (TPSA) is 72.6 Å². The predicted molar refractivity (Wildman–Crippen MR) is 81.2 cm³/mol. The van der Waals surface area contributed by atoms with Crippen molar-refractivity contribution >= 4 is 10.0 Å². The summed E-state index contributed by atoms with van der Waals surface area (Å²) in [5.41, 5.74) is 6.07. The highest BCUT2D eigenvalue weighted by atomic mass is 32.2. The molecule has 0 spiro atoms. The Hall–Kier alpha value is -1.39. The first-order chi connectivity index (χ1) is 10.1. The molecule has 1 aromatic carbocycles. The van der Waals surface area contributed by atoms with Crippen molar-refractivity contribution in [2.24, 2.45) is 5.73 Å². The molecule has 0 unspecified atom stereocenters. The monoisotopic (exact) mass is 308 g/mol. The van der Waals surface area contributed by atoms with Crippen molar-refractivity contribution in [1.29, 1.82) is 0 Å². The van der Waals surface area contributed by atoms with Crippen LogP contribution in [0.4, 0.5) is 0 Å². The van der Waals surface area contributed by atoms with Crippen LogP contribution in [0.25, 0.3) is 0 Å². The number of rotatable bonds is 6. The fourth-order valence-electron chi connectivity index (χ4n) is 2.04. The first kappa shape index (κ1) is 16.0. The third-order valence-electron chi connectivity index (χ3n) is 3.27. The molecular formula is C15H20N2O3S. The Morgan fingerprint density at radius 3 is 2.52 bits per heavy atom. The molecular weight excluding hydrogens is 288 g/mol. The van der Waals surface area contributed by atoms with E-state index in [4.69, 9.17) is 10.5 Å². The molecule has 0 aromatic heterocycles. The maximum atomic E-state index is 12.7. The Bertz CT molecular complexity index is 625. The van der Waals surface area contributed by atoms with E-state index in [0.717, 1.165) is 18.4 Å². The third kappa shape index (κ3) is 4.05. The van der Waals surface area contributed by atoms with Gasteiger partial charge in [-0.1, -0.05) is 11.8 Å². The van der Waals surface area contributed by atoms with Gasteiger partial charge in [-0.05, 0) is 37.1 Å². The minimum Gasteiger partial charge on any atom is -0.383 e. The number of hydrogen-bond donors (Lipinski definition) is 1. The summed E-state index contributed by atoms with van der Waals surface area (Å²) >= 11 is 0. The van der Waals surface area contributed by atoms with Gasteiger partial charge in [-0.25, -0.2) is 8.42 Å². The molecule has 1 aromatic rings. The standard InChI is InChI=1S/C15H20N2O3S/c1-20-12-11-17(14-6-7-14)21(18,19)15-8-4-13(5-9-15)3-2-10-16/h4-5,8-9,14H,6-7,10-12,16H2,1H3. The molecule has 0 amide bonds. The van der Waals surface area contributed by atoms with E-state index in [1.807, 2.05) is 0 Å². The zero-order valence-corrected chi connectivity index (χ0v) is 12.9. The maximum absolute atomic E-state index is 12.7. The largest absolute Gasteiger partial charge is 0.383 e. The second kappa shape index (κ2) is 7.05. The highest BCUT2D eigenvalue weighted by Crippen LogP contribution is 2.31. The first-order valence-corrected chi connectivity index (χ1v) is 8.33. The van der Waals surface area contributed by atoms with Crippen LogP contribution in [0, 0.1) is 11.8 Å². The molecule has 21 heavy (non-hydrogen) atoms. The van der Waals surface area contributed by atoms with Gasteiger partial charge in [-0.2, -0.15) is 4.31 Å². The molecule has 0 atom stereocenters. The summed E-state index contributed by atoms with van der Waals surface area (Å²) in [4.78, 5) is 0.295. The molecule has 1 fully saturated rings. The van der Waals surface area contributed by atoms with Crippen LogP contribution in [0.2, 0.25) is 0 Å². The van der Waals surface area contributed by atoms with Crippen LogP contribution >= 0.6 is 0 Å². The molecule has 5 nitrogen and oxygen atoms in total. The summed E-state index contributed by atoms with van der Waals surface area (Å²) in [5.74, 6) is 5.62. The summed E-state index contributed by atoms with van der Waals surface area (Å²) in [5, 5.41) is 0. The lowest BCUT2D eigenvalue weighted by Crippen LogP contribution is -2.35. The van der Waals surface area contributed by atoms with E-state index in [9.17, 15) is 8.42 Å². The van der Waals surface area contributed by atoms with Crippen LogP contribution in [0.1, 0.15) is 18.4 Å². The molecule has 0 radical (unpaired) electrons. The Kier molecular flexibility index (Phi) is 5.37. The second-order valence-electron chi connectivity index (χ2n) is 4.87. The highest BCUT2D eigenvalue weighted by Gasteiger charge is 2.37. The fourth-order valence-corrected chi connectivity index (χ4v) is 3.71.